The Morgan fingerprint density at radius 1 is 1.12 bits per heavy atom. The predicted octanol–water partition coefficient (Wildman–Crippen LogP) is 3.83. The minimum absolute atomic E-state index is 0.00936. The number of nitrogen functional groups attached to an aromatic ring is 1. The standard InChI is InChI=1S/C25H24FN5O3/c1-33-20-9-6-14(10-17(20)26)11-22(32)30-18-8-7-15(12-21(18)34-2)31-19-5-3-4-16(19)23-24(31)25(27)29-13-28-23/h6-10,12-13H,3-5,11H2,1-2H3,(H,30,32)(H2,27,28,29). The van der Waals surface area contributed by atoms with Gasteiger partial charge in [-0.3, -0.25) is 4.79 Å². The highest BCUT2D eigenvalue weighted by Gasteiger charge is 2.25. The van der Waals surface area contributed by atoms with Gasteiger partial charge < -0.3 is 25.1 Å². The van der Waals surface area contributed by atoms with Crippen molar-refractivity contribution in [3.05, 3.63) is 65.4 Å². The van der Waals surface area contributed by atoms with Crippen LogP contribution in [0.4, 0.5) is 15.9 Å². The molecular weight excluding hydrogens is 437 g/mol. The number of anilines is 2. The average molecular weight is 461 g/mol. The zero-order valence-corrected chi connectivity index (χ0v) is 18.9. The summed E-state index contributed by atoms with van der Waals surface area (Å²) >= 11 is 0. The highest BCUT2D eigenvalue weighted by Crippen LogP contribution is 2.38. The molecule has 0 spiro atoms. The molecular formula is C25H24FN5O3. The molecule has 2 aromatic carbocycles. The van der Waals surface area contributed by atoms with Crippen molar-refractivity contribution in [3.8, 4) is 17.2 Å². The van der Waals surface area contributed by atoms with E-state index in [1.54, 1.807) is 19.2 Å². The summed E-state index contributed by atoms with van der Waals surface area (Å²) in [6, 6.07) is 9.99. The van der Waals surface area contributed by atoms with E-state index in [2.05, 4.69) is 19.9 Å². The number of nitrogens with one attached hydrogen (secondary N) is 1. The zero-order valence-electron chi connectivity index (χ0n) is 18.9. The highest BCUT2D eigenvalue weighted by molar-refractivity contribution is 5.94. The van der Waals surface area contributed by atoms with Crippen LogP contribution < -0.4 is 20.5 Å². The Morgan fingerprint density at radius 3 is 2.71 bits per heavy atom. The van der Waals surface area contributed by atoms with Gasteiger partial charge in [0.05, 0.1) is 31.8 Å². The molecule has 0 fully saturated rings. The first-order valence-electron chi connectivity index (χ1n) is 10.9. The van der Waals surface area contributed by atoms with Crippen LogP contribution in [0.1, 0.15) is 23.2 Å². The maximum atomic E-state index is 14.0. The number of nitrogens with two attached hydrogens (primary N) is 1. The van der Waals surface area contributed by atoms with Crippen molar-refractivity contribution in [2.75, 3.05) is 25.3 Å². The molecule has 0 saturated heterocycles. The summed E-state index contributed by atoms with van der Waals surface area (Å²) in [5.41, 5.74) is 12.2. The molecule has 2 heterocycles. The Morgan fingerprint density at radius 2 is 1.94 bits per heavy atom. The van der Waals surface area contributed by atoms with Crippen LogP contribution >= 0.6 is 0 Å². The number of amides is 1. The molecule has 0 aliphatic heterocycles. The fourth-order valence-corrected chi connectivity index (χ4v) is 4.61. The van der Waals surface area contributed by atoms with Crippen molar-refractivity contribution >= 4 is 28.4 Å². The first kappa shape index (κ1) is 21.7. The Hall–Kier alpha value is -4.14. The van der Waals surface area contributed by atoms with Crippen LogP contribution in [0.25, 0.3) is 16.7 Å². The fraction of sp³-hybridized carbons (Fsp3) is 0.240. The summed E-state index contributed by atoms with van der Waals surface area (Å²) in [5.74, 6) is 0.250. The van der Waals surface area contributed by atoms with Gasteiger partial charge in [0.1, 0.15) is 17.6 Å². The average Bonchev–Trinajstić information content (AvgIpc) is 3.41. The molecule has 4 aromatic rings. The minimum atomic E-state index is -0.510. The number of fused-ring (bicyclic) bond motifs is 3. The molecule has 34 heavy (non-hydrogen) atoms. The molecule has 2 aromatic heterocycles. The van der Waals surface area contributed by atoms with Crippen molar-refractivity contribution in [3.63, 3.8) is 0 Å². The quantitative estimate of drug-likeness (QED) is 0.452. The number of benzene rings is 2. The summed E-state index contributed by atoms with van der Waals surface area (Å²) < 4.78 is 26.6. The van der Waals surface area contributed by atoms with Crippen molar-refractivity contribution in [2.24, 2.45) is 0 Å². The largest absolute Gasteiger partial charge is 0.494 e. The summed E-state index contributed by atoms with van der Waals surface area (Å²) in [6.07, 6.45) is 4.43. The number of aromatic nitrogens is 3. The van der Waals surface area contributed by atoms with Gasteiger partial charge in [-0.2, -0.15) is 0 Å². The smallest absolute Gasteiger partial charge is 0.228 e. The SMILES string of the molecule is COc1ccc(CC(=O)Nc2ccc(-n3c4c(c5ncnc(N)c53)CCC4)cc2OC)cc1F. The Bertz CT molecular complexity index is 1420. The third-order valence-electron chi connectivity index (χ3n) is 6.12. The topological polar surface area (TPSA) is 104 Å². The van der Waals surface area contributed by atoms with Crippen LogP contribution in [0.3, 0.4) is 0 Å². The van der Waals surface area contributed by atoms with Crippen LogP contribution in [0.2, 0.25) is 0 Å². The summed E-state index contributed by atoms with van der Waals surface area (Å²) in [6.45, 7) is 0. The van der Waals surface area contributed by atoms with Gasteiger partial charge >= 0.3 is 0 Å². The van der Waals surface area contributed by atoms with Gasteiger partial charge in [0.2, 0.25) is 5.91 Å². The van der Waals surface area contributed by atoms with Gasteiger partial charge in [-0.25, -0.2) is 14.4 Å². The third kappa shape index (κ3) is 3.68. The number of carbonyl (C=O) groups excluding carboxylic acids is 1. The van der Waals surface area contributed by atoms with E-state index in [9.17, 15) is 9.18 Å². The monoisotopic (exact) mass is 461 g/mol. The van der Waals surface area contributed by atoms with Crippen LogP contribution in [-0.4, -0.2) is 34.7 Å². The molecule has 174 valence electrons. The summed E-state index contributed by atoms with van der Waals surface area (Å²) in [4.78, 5) is 21.3. The van der Waals surface area contributed by atoms with Gasteiger partial charge in [0.15, 0.2) is 17.4 Å². The zero-order chi connectivity index (χ0) is 23.8. The number of ether oxygens (including phenoxy) is 2. The Labute approximate surface area is 195 Å². The van der Waals surface area contributed by atoms with Crippen LogP contribution in [0.15, 0.2) is 42.7 Å². The lowest BCUT2D eigenvalue weighted by Gasteiger charge is -2.15. The number of rotatable bonds is 6. The lowest BCUT2D eigenvalue weighted by atomic mass is 10.1. The molecule has 1 aliphatic rings. The number of methoxy groups -OCH3 is 2. The second-order valence-corrected chi connectivity index (χ2v) is 8.15. The van der Waals surface area contributed by atoms with E-state index in [1.165, 1.54) is 36.8 Å². The molecule has 0 unspecified atom stereocenters. The Kier molecular flexibility index (Phi) is 5.53. The first-order valence-corrected chi connectivity index (χ1v) is 10.9. The minimum Gasteiger partial charge on any atom is -0.494 e. The molecule has 0 radical (unpaired) electrons. The molecule has 5 rings (SSSR count). The van der Waals surface area contributed by atoms with Gasteiger partial charge in [0, 0.05) is 17.4 Å². The van der Waals surface area contributed by atoms with E-state index >= 15 is 0 Å². The lowest BCUT2D eigenvalue weighted by Crippen LogP contribution is -2.15. The van der Waals surface area contributed by atoms with Crippen molar-refractivity contribution in [1.29, 1.82) is 0 Å². The number of hydrogen-bond donors (Lipinski definition) is 2. The van der Waals surface area contributed by atoms with E-state index in [1.807, 2.05) is 12.1 Å². The second kappa shape index (κ2) is 8.66. The summed E-state index contributed by atoms with van der Waals surface area (Å²) in [7, 11) is 2.94. The molecule has 3 N–H and O–H groups in total. The molecule has 0 atom stereocenters. The van der Waals surface area contributed by atoms with Gasteiger partial charge in [0.25, 0.3) is 0 Å². The van der Waals surface area contributed by atoms with E-state index in [0.717, 1.165) is 36.0 Å². The van der Waals surface area contributed by atoms with E-state index in [-0.39, 0.29) is 18.1 Å². The maximum Gasteiger partial charge on any atom is 0.228 e. The van der Waals surface area contributed by atoms with E-state index in [4.69, 9.17) is 15.2 Å². The molecule has 1 amide bonds. The molecule has 9 heteroatoms. The maximum absolute atomic E-state index is 14.0. The fourth-order valence-electron chi connectivity index (χ4n) is 4.61. The second-order valence-electron chi connectivity index (χ2n) is 8.15. The number of carbonyl (C=O) groups is 1. The number of hydrogen-bond acceptors (Lipinski definition) is 6. The van der Waals surface area contributed by atoms with E-state index < -0.39 is 5.82 Å². The lowest BCUT2D eigenvalue weighted by molar-refractivity contribution is -0.115. The van der Waals surface area contributed by atoms with Gasteiger partial charge in [-0.05, 0) is 54.7 Å². The van der Waals surface area contributed by atoms with Crippen molar-refractivity contribution in [1.82, 2.24) is 14.5 Å². The van der Waals surface area contributed by atoms with Gasteiger partial charge in [-0.1, -0.05) is 6.07 Å². The van der Waals surface area contributed by atoms with E-state index in [0.29, 0.717) is 22.8 Å². The third-order valence-corrected chi connectivity index (χ3v) is 6.12. The molecule has 1 aliphatic carbocycles. The number of aryl methyl sites for hydroxylation is 1. The number of nitrogens with zero attached hydrogens (tertiary/aromatic N) is 3. The Balaban J connectivity index is 1.45. The van der Waals surface area contributed by atoms with Crippen LogP contribution in [0.5, 0.6) is 11.5 Å². The molecule has 0 saturated carbocycles. The van der Waals surface area contributed by atoms with Crippen molar-refractivity contribution < 1.29 is 18.7 Å². The normalized spacial score (nSPS) is 12.6. The van der Waals surface area contributed by atoms with Crippen LogP contribution in [-0.2, 0) is 24.1 Å². The highest BCUT2D eigenvalue weighted by atomic mass is 19.1. The van der Waals surface area contributed by atoms with Crippen molar-refractivity contribution in [2.45, 2.75) is 25.7 Å². The van der Waals surface area contributed by atoms with Crippen LogP contribution in [0, 0.1) is 5.82 Å². The van der Waals surface area contributed by atoms with Gasteiger partial charge in [-0.15, -0.1) is 0 Å². The summed E-state index contributed by atoms with van der Waals surface area (Å²) in [5, 5.41) is 2.86. The predicted molar refractivity (Wildman–Crippen MR) is 127 cm³/mol. The first-order chi connectivity index (χ1) is 16.5. The molecule has 0 bridgehead atoms. The molecule has 8 nitrogen and oxygen atoms in total. The number of halogens is 1.